The number of rotatable bonds is 4. The van der Waals surface area contributed by atoms with Crippen molar-refractivity contribution in [1.82, 2.24) is 9.80 Å². The lowest BCUT2D eigenvalue weighted by Gasteiger charge is -2.24. The summed E-state index contributed by atoms with van der Waals surface area (Å²) in [6.07, 6.45) is 3.59. The number of carbonyl (C=O) groups excluding carboxylic acids is 2. The second-order valence-corrected chi connectivity index (χ2v) is 12.7. The van der Waals surface area contributed by atoms with E-state index in [9.17, 15) is 29.4 Å². The standard InChI is InChI=1S/2C13H21NO4/c2*1-13(2,3)18-12(17)14-6-9(8-4-5-8)10(7-14)11(15)16/h2*8-10H,4-7H2,1-3H3,(H,15,16)/t2*9-,10+/m10/s1. The van der Waals surface area contributed by atoms with Crippen molar-refractivity contribution in [2.24, 2.45) is 35.5 Å². The highest BCUT2D eigenvalue weighted by molar-refractivity contribution is 5.75. The number of hydrogen-bond acceptors (Lipinski definition) is 6. The third kappa shape index (κ3) is 7.74. The zero-order chi connectivity index (χ0) is 27.0. The van der Waals surface area contributed by atoms with E-state index in [1.54, 1.807) is 9.80 Å². The molecule has 2 aliphatic carbocycles. The second-order valence-electron chi connectivity index (χ2n) is 12.7. The summed E-state index contributed by atoms with van der Waals surface area (Å²) in [5, 5.41) is 18.4. The minimum atomic E-state index is -0.794. The average molecular weight is 511 g/mol. The van der Waals surface area contributed by atoms with E-state index in [1.807, 2.05) is 41.5 Å². The molecule has 0 aromatic rings. The van der Waals surface area contributed by atoms with Gasteiger partial charge in [0.15, 0.2) is 0 Å². The van der Waals surface area contributed by atoms with Crippen molar-refractivity contribution >= 4 is 24.1 Å². The summed E-state index contributed by atoms with van der Waals surface area (Å²) in [4.78, 5) is 49.4. The van der Waals surface area contributed by atoms with Crippen molar-refractivity contribution in [3.8, 4) is 0 Å². The molecule has 4 fully saturated rings. The zero-order valence-electron chi connectivity index (χ0n) is 22.4. The maximum Gasteiger partial charge on any atom is 0.410 e. The zero-order valence-corrected chi connectivity index (χ0v) is 22.4. The van der Waals surface area contributed by atoms with Crippen molar-refractivity contribution in [3.05, 3.63) is 0 Å². The Morgan fingerprint density at radius 2 is 0.917 bits per heavy atom. The Morgan fingerprint density at radius 3 is 1.14 bits per heavy atom. The first-order valence-electron chi connectivity index (χ1n) is 13.0. The smallest absolute Gasteiger partial charge is 0.410 e. The number of likely N-dealkylation sites (tertiary alicyclic amines) is 2. The van der Waals surface area contributed by atoms with E-state index in [-0.39, 0.29) is 24.9 Å². The highest BCUT2D eigenvalue weighted by Crippen LogP contribution is 2.45. The van der Waals surface area contributed by atoms with E-state index in [0.717, 1.165) is 25.7 Å². The van der Waals surface area contributed by atoms with Crippen LogP contribution in [0.4, 0.5) is 9.59 Å². The minimum absolute atomic E-state index is 0.106. The summed E-state index contributed by atoms with van der Waals surface area (Å²) in [5.41, 5.74) is -1.07. The van der Waals surface area contributed by atoms with E-state index in [2.05, 4.69) is 0 Å². The van der Waals surface area contributed by atoms with Crippen LogP contribution in [0.1, 0.15) is 67.2 Å². The van der Waals surface area contributed by atoms with Gasteiger partial charge in [0.2, 0.25) is 0 Å². The van der Waals surface area contributed by atoms with Crippen LogP contribution in [-0.2, 0) is 19.1 Å². The monoisotopic (exact) mass is 510 g/mol. The predicted molar refractivity (Wildman–Crippen MR) is 130 cm³/mol. The molecule has 0 aromatic carbocycles. The lowest BCUT2D eigenvalue weighted by molar-refractivity contribution is -0.143. The normalized spacial score (nSPS) is 28.3. The Hall–Kier alpha value is -2.52. The molecule has 0 bridgehead atoms. The summed E-state index contributed by atoms with van der Waals surface area (Å²) < 4.78 is 10.6. The van der Waals surface area contributed by atoms with Gasteiger partial charge < -0.3 is 29.5 Å². The van der Waals surface area contributed by atoms with Crippen molar-refractivity contribution < 1.29 is 38.9 Å². The Labute approximate surface area is 213 Å². The number of carboxylic acids is 2. The highest BCUT2D eigenvalue weighted by Gasteiger charge is 2.48. The van der Waals surface area contributed by atoms with Crippen LogP contribution in [0.3, 0.4) is 0 Å². The minimum Gasteiger partial charge on any atom is -0.481 e. The molecule has 2 saturated heterocycles. The topological polar surface area (TPSA) is 134 Å². The summed E-state index contributed by atoms with van der Waals surface area (Å²) >= 11 is 0. The first-order valence-corrected chi connectivity index (χ1v) is 13.0. The van der Waals surface area contributed by atoms with Gasteiger partial charge in [-0.2, -0.15) is 0 Å². The molecule has 10 nitrogen and oxygen atoms in total. The first kappa shape index (κ1) is 28.1. The molecule has 2 aliphatic heterocycles. The molecule has 0 radical (unpaired) electrons. The van der Waals surface area contributed by atoms with Crippen molar-refractivity contribution in [3.63, 3.8) is 0 Å². The largest absolute Gasteiger partial charge is 0.481 e. The van der Waals surface area contributed by atoms with Gasteiger partial charge in [0.1, 0.15) is 11.2 Å². The van der Waals surface area contributed by atoms with Crippen molar-refractivity contribution in [2.75, 3.05) is 26.2 Å². The third-order valence-corrected chi connectivity index (χ3v) is 7.12. The molecular weight excluding hydrogens is 468 g/mol. The first-order chi connectivity index (χ1) is 16.6. The summed E-state index contributed by atoms with van der Waals surface area (Å²) in [6, 6.07) is 0. The fraction of sp³-hybridized carbons (Fsp3) is 0.846. The molecule has 4 atom stereocenters. The predicted octanol–water partition coefficient (Wildman–Crippen LogP) is 3.93. The lowest BCUT2D eigenvalue weighted by Crippen LogP contribution is -2.36. The van der Waals surface area contributed by atoms with E-state index < -0.39 is 47.2 Å². The van der Waals surface area contributed by atoms with Gasteiger partial charge in [-0.25, -0.2) is 9.59 Å². The Kier molecular flexibility index (Phi) is 8.15. The van der Waals surface area contributed by atoms with Crippen LogP contribution < -0.4 is 0 Å². The van der Waals surface area contributed by atoms with E-state index in [0.29, 0.717) is 24.9 Å². The van der Waals surface area contributed by atoms with Crippen LogP contribution >= 0.6 is 0 Å². The fourth-order valence-electron chi connectivity index (χ4n) is 5.14. The van der Waals surface area contributed by atoms with Gasteiger partial charge in [-0.15, -0.1) is 0 Å². The van der Waals surface area contributed by atoms with Crippen LogP contribution in [0, 0.1) is 35.5 Å². The molecule has 0 spiro atoms. The molecule has 4 rings (SSSR count). The van der Waals surface area contributed by atoms with Gasteiger partial charge in [0.05, 0.1) is 11.8 Å². The van der Waals surface area contributed by atoms with E-state index in [4.69, 9.17) is 9.47 Å². The molecule has 0 aromatic heterocycles. The maximum atomic E-state index is 11.9. The molecule has 204 valence electrons. The number of hydrogen-bond donors (Lipinski definition) is 2. The molecular formula is C26H42N2O8. The fourth-order valence-corrected chi connectivity index (χ4v) is 5.14. The van der Waals surface area contributed by atoms with E-state index in [1.165, 1.54) is 0 Å². The summed E-state index contributed by atoms with van der Waals surface area (Å²) in [5.74, 6) is -1.26. The molecule has 2 heterocycles. The summed E-state index contributed by atoms with van der Waals surface area (Å²) in [7, 11) is 0. The van der Waals surface area contributed by atoms with Gasteiger partial charge in [-0.1, -0.05) is 0 Å². The number of aliphatic carboxylic acids is 2. The third-order valence-electron chi connectivity index (χ3n) is 7.12. The van der Waals surface area contributed by atoms with Crippen LogP contribution in [0.2, 0.25) is 0 Å². The number of carbonyl (C=O) groups is 4. The van der Waals surface area contributed by atoms with Gasteiger partial charge in [-0.3, -0.25) is 9.59 Å². The van der Waals surface area contributed by atoms with Gasteiger partial charge >= 0.3 is 24.1 Å². The molecule has 2 N–H and O–H groups in total. The number of amides is 2. The molecule has 10 heteroatoms. The van der Waals surface area contributed by atoms with Crippen molar-refractivity contribution in [2.45, 2.75) is 78.4 Å². The van der Waals surface area contributed by atoms with Crippen LogP contribution in [0.5, 0.6) is 0 Å². The van der Waals surface area contributed by atoms with Gasteiger partial charge in [0, 0.05) is 26.2 Å². The Bertz CT molecular complexity index is 783. The maximum absolute atomic E-state index is 11.9. The number of carboxylic acid groups (broad SMARTS) is 2. The molecule has 2 saturated carbocycles. The Morgan fingerprint density at radius 1 is 0.611 bits per heavy atom. The number of nitrogens with zero attached hydrogens (tertiary/aromatic N) is 2. The summed E-state index contributed by atoms with van der Waals surface area (Å²) in [6.45, 7) is 12.5. The van der Waals surface area contributed by atoms with E-state index >= 15 is 0 Å². The molecule has 0 unspecified atom stereocenters. The molecule has 4 aliphatic rings. The van der Waals surface area contributed by atoms with Gasteiger partial charge in [0.25, 0.3) is 0 Å². The van der Waals surface area contributed by atoms with Crippen LogP contribution in [-0.4, -0.2) is 81.5 Å². The Balaban J connectivity index is 0.000000201. The highest BCUT2D eigenvalue weighted by atomic mass is 16.6. The van der Waals surface area contributed by atoms with Gasteiger partial charge in [-0.05, 0) is 90.9 Å². The van der Waals surface area contributed by atoms with Crippen LogP contribution in [0.15, 0.2) is 0 Å². The SMILES string of the molecule is CC(C)(C)OC(=O)N1C[C@@H](C(=O)O)[C@H](C2CC2)C1.CC(C)(C)OC(=O)N1C[C@H](C(=O)O)[C@@H](C2CC2)C1. The molecule has 36 heavy (non-hydrogen) atoms. The lowest BCUT2D eigenvalue weighted by atomic mass is 9.92. The second kappa shape index (κ2) is 10.5. The van der Waals surface area contributed by atoms with Crippen molar-refractivity contribution in [1.29, 1.82) is 0 Å². The quantitative estimate of drug-likeness (QED) is 0.581. The molecule has 2 amide bonds. The average Bonchev–Trinajstić information content (AvgIpc) is 3.65. The van der Waals surface area contributed by atoms with Crippen LogP contribution in [0.25, 0.3) is 0 Å². The number of ether oxygens (including phenoxy) is 2.